The lowest BCUT2D eigenvalue weighted by atomic mass is 9.95. The number of esters is 1. The van der Waals surface area contributed by atoms with Crippen LogP contribution >= 0.6 is 0 Å². The van der Waals surface area contributed by atoms with Crippen LogP contribution in [0.2, 0.25) is 0 Å². The highest BCUT2D eigenvalue weighted by Crippen LogP contribution is 2.15. The number of ether oxygens (including phenoxy) is 2. The molecular formula is C15H31NO3. The van der Waals surface area contributed by atoms with Gasteiger partial charge in [0.05, 0.1) is 13.2 Å². The number of rotatable bonds is 10. The zero-order valence-electron chi connectivity index (χ0n) is 13.4. The Morgan fingerprint density at radius 2 is 1.95 bits per heavy atom. The maximum absolute atomic E-state index is 11.9. The first-order chi connectivity index (χ1) is 8.87. The second-order valence-corrected chi connectivity index (χ2v) is 5.67. The van der Waals surface area contributed by atoms with Crippen LogP contribution in [-0.4, -0.2) is 37.9 Å². The van der Waals surface area contributed by atoms with Crippen LogP contribution in [0.4, 0.5) is 0 Å². The first-order valence-electron chi connectivity index (χ1n) is 7.32. The largest absolute Gasteiger partial charge is 0.468 e. The number of hydrogen-bond donors (Lipinski definition) is 1. The Morgan fingerprint density at radius 3 is 2.42 bits per heavy atom. The fourth-order valence-electron chi connectivity index (χ4n) is 1.78. The average Bonchev–Trinajstić information content (AvgIpc) is 2.39. The van der Waals surface area contributed by atoms with Crippen molar-refractivity contribution >= 4 is 5.97 Å². The Hall–Kier alpha value is -0.610. The van der Waals surface area contributed by atoms with Gasteiger partial charge in [0, 0.05) is 6.61 Å². The zero-order chi connectivity index (χ0) is 14.9. The first kappa shape index (κ1) is 18.4. The molecule has 0 aliphatic carbocycles. The molecule has 2 unspecified atom stereocenters. The third kappa shape index (κ3) is 6.92. The van der Waals surface area contributed by atoms with Crippen LogP contribution < -0.4 is 5.32 Å². The maximum atomic E-state index is 11.9. The van der Waals surface area contributed by atoms with Gasteiger partial charge < -0.3 is 14.8 Å². The van der Waals surface area contributed by atoms with Crippen molar-refractivity contribution in [3.63, 3.8) is 0 Å². The lowest BCUT2D eigenvalue weighted by Crippen LogP contribution is -2.50. The van der Waals surface area contributed by atoms with Gasteiger partial charge in [0.2, 0.25) is 0 Å². The van der Waals surface area contributed by atoms with Gasteiger partial charge in [-0.2, -0.15) is 0 Å². The number of hydrogen-bond acceptors (Lipinski definition) is 4. The smallest absolute Gasteiger partial charge is 0.325 e. The minimum atomic E-state index is -0.602. The molecule has 0 fully saturated rings. The summed E-state index contributed by atoms with van der Waals surface area (Å²) in [5.41, 5.74) is -0.602. The summed E-state index contributed by atoms with van der Waals surface area (Å²) in [5.74, 6) is 0.322. The highest BCUT2D eigenvalue weighted by molar-refractivity contribution is 5.80. The fourth-order valence-corrected chi connectivity index (χ4v) is 1.78. The quantitative estimate of drug-likeness (QED) is 0.491. The van der Waals surface area contributed by atoms with E-state index in [4.69, 9.17) is 9.47 Å². The Balaban J connectivity index is 4.16. The maximum Gasteiger partial charge on any atom is 0.325 e. The molecule has 0 aliphatic rings. The summed E-state index contributed by atoms with van der Waals surface area (Å²) in [6, 6.07) is 0. The van der Waals surface area contributed by atoms with Crippen LogP contribution in [0.1, 0.15) is 53.9 Å². The predicted octanol–water partition coefficient (Wildman–Crippen LogP) is 2.76. The summed E-state index contributed by atoms with van der Waals surface area (Å²) in [4.78, 5) is 11.9. The molecule has 0 heterocycles. The molecule has 4 nitrogen and oxygen atoms in total. The van der Waals surface area contributed by atoms with E-state index in [1.807, 2.05) is 6.92 Å². The van der Waals surface area contributed by atoms with Crippen LogP contribution in [0.3, 0.4) is 0 Å². The Morgan fingerprint density at radius 1 is 1.32 bits per heavy atom. The molecule has 1 N–H and O–H groups in total. The second-order valence-electron chi connectivity index (χ2n) is 5.67. The lowest BCUT2D eigenvalue weighted by molar-refractivity contribution is -0.148. The molecule has 0 radical (unpaired) electrons. The Labute approximate surface area is 118 Å². The number of methoxy groups -OCH3 is 1. The molecule has 0 amide bonds. The fraction of sp³-hybridized carbons (Fsp3) is 0.933. The molecule has 0 aromatic heterocycles. The predicted molar refractivity (Wildman–Crippen MR) is 78.2 cm³/mol. The van der Waals surface area contributed by atoms with E-state index in [2.05, 4.69) is 33.0 Å². The van der Waals surface area contributed by atoms with Gasteiger partial charge in [-0.3, -0.25) is 4.79 Å². The molecule has 4 heteroatoms. The monoisotopic (exact) mass is 273 g/mol. The SMILES string of the molecule is CCCNC(C)(CCCOC(C)C(C)C)C(=O)OC. The molecule has 114 valence electrons. The molecule has 0 rings (SSSR count). The van der Waals surface area contributed by atoms with Crippen molar-refractivity contribution in [3.8, 4) is 0 Å². The van der Waals surface area contributed by atoms with E-state index in [1.165, 1.54) is 7.11 Å². The van der Waals surface area contributed by atoms with E-state index in [0.717, 1.165) is 25.8 Å². The van der Waals surface area contributed by atoms with E-state index in [1.54, 1.807) is 0 Å². The molecule has 0 aromatic carbocycles. The van der Waals surface area contributed by atoms with Crippen LogP contribution in [-0.2, 0) is 14.3 Å². The second kappa shape index (κ2) is 9.32. The zero-order valence-corrected chi connectivity index (χ0v) is 13.4. The van der Waals surface area contributed by atoms with Crippen molar-refractivity contribution in [2.75, 3.05) is 20.3 Å². The van der Waals surface area contributed by atoms with E-state index in [9.17, 15) is 4.79 Å². The molecule has 0 aliphatic heterocycles. The van der Waals surface area contributed by atoms with Gasteiger partial charge in [-0.05, 0) is 45.6 Å². The van der Waals surface area contributed by atoms with E-state index >= 15 is 0 Å². The molecule has 19 heavy (non-hydrogen) atoms. The summed E-state index contributed by atoms with van der Waals surface area (Å²) in [5, 5.41) is 3.28. The van der Waals surface area contributed by atoms with Gasteiger partial charge in [-0.25, -0.2) is 0 Å². The van der Waals surface area contributed by atoms with Gasteiger partial charge >= 0.3 is 5.97 Å². The topological polar surface area (TPSA) is 47.6 Å². The van der Waals surface area contributed by atoms with Crippen LogP contribution in [0.25, 0.3) is 0 Å². The molecule has 2 atom stereocenters. The standard InChI is InChI=1S/C15H31NO3/c1-7-10-16-15(5,14(17)18-6)9-8-11-19-13(4)12(2)3/h12-13,16H,7-11H2,1-6H3. The minimum Gasteiger partial charge on any atom is -0.468 e. The van der Waals surface area contributed by atoms with Crippen molar-refractivity contribution in [2.24, 2.45) is 5.92 Å². The van der Waals surface area contributed by atoms with Crippen LogP contribution in [0, 0.1) is 5.92 Å². The van der Waals surface area contributed by atoms with Crippen LogP contribution in [0.5, 0.6) is 0 Å². The highest BCUT2D eigenvalue weighted by Gasteiger charge is 2.32. The van der Waals surface area contributed by atoms with Crippen molar-refractivity contribution in [1.82, 2.24) is 5.32 Å². The van der Waals surface area contributed by atoms with Crippen molar-refractivity contribution in [2.45, 2.75) is 65.5 Å². The summed E-state index contributed by atoms with van der Waals surface area (Å²) in [6.07, 6.45) is 2.82. The summed E-state index contributed by atoms with van der Waals surface area (Å²) in [7, 11) is 1.44. The normalized spacial score (nSPS) is 16.2. The van der Waals surface area contributed by atoms with Gasteiger partial charge in [0.1, 0.15) is 5.54 Å². The molecule has 0 bridgehead atoms. The third-order valence-corrected chi connectivity index (χ3v) is 3.54. The van der Waals surface area contributed by atoms with Crippen LogP contribution in [0.15, 0.2) is 0 Å². The first-order valence-corrected chi connectivity index (χ1v) is 7.32. The molecule has 0 spiro atoms. The Kier molecular flexibility index (Phi) is 9.02. The number of carbonyl (C=O) groups is 1. The van der Waals surface area contributed by atoms with E-state index in [-0.39, 0.29) is 12.1 Å². The third-order valence-electron chi connectivity index (χ3n) is 3.54. The molecular weight excluding hydrogens is 242 g/mol. The lowest BCUT2D eigenvalue weighted by Gasteiger charge is -2.28. The van der Waals surface area contributed by atoms with Crippen molar-refractivity contribution in [3.05, 3.63) is 0 Å². The van der Waals surface area contributed by atoms with Gasteiger partial charge in [0.15, 0.2) is 0 Å². The van der Waals surface area contributed by atoms with Gasteiger partial charge in [-0.15, -0.1) is 0 Å². The Bertz CT molecular complexity index is 256. The van der Waals surface area contributed by atoms with Crippen molar-refractivity contribution < 1.29 is 14.3 Å². The summed E-state index contributed by atoms with van der Waals surface area (Å²) < 4.78 is 10.6. The summed E-state index contributed by atoms with van der Waals surface area (Å²) >= 11 is 0. The summed E-state index contributed by atoms with van der Waals surface area (Å²) in [6.45, 7) is 11.9. The molecule has 0 aromatic rings. The number of nitrogens with one attached hydrogen (secondary N) is 1. The molecule has 0 saturated heterocycles. The van der Waals surface area contributed by atoms with E-state index in [0.29, 0.717) is 12.5 Å². The highest BCUT2D eigenvalue weighted by atomic mass is 16.5. The van der Waals surface area contributed by atoms with Gasteiger partial charge in [-0.1, -0.05) is 20.8 Å². The van der Waals surface area contributed by atoms with Crippen molar-refractivity contribution in [1.29, 1.82) is 0 Å². The molecule has 0 saturated carbocycles. The van der Waals surface area contributed by atoms with E-state index < -0.39 is 5.54 Å². The number of carbonyl (C=O) groups excluding carboxylic acids is 1. The van der Waals surface area contributed by atoms with Gasteiger partial charge in [0.25, 0.3) is 0 Å². The minimum absolute atomic E-state index is 0.196. The average molecular weight is 273 g/mol.